The maximum absolute atomic E-state index is 12.2. The number of ether oxygens (including phenoxy) is 1. The molecule has 1 N–H and O–H groups in total. The van der Waals surface area contributed by atoms with Crippen molar-refractivity contribution in [3.05, 3.63) is 51.7 Å². The number of carbonyl (C=O) groups excluding carboxylic acids is 1. The molecule has 1 aliphatic heterocycles. The first kappa shape index (κ1) is 17.4. The molecule has 2 aromatic heterocycles. The van der Waals surface area contributed by atoms with Crippen LogP contribution in [-0.2, 0) is 23.1 Å². The van der Waals surface area contributed by atoms with Crippen molar-refractivity contribution in [2.45, 2.75) is 32.9 Å². The van der Waals surface area contributed by atoms with Gasteiger partial charge in [0, 0.05) is 49.6 Å². The molecule has 0 bridgehead atoms. The first-order valence-electron chi connectivity index (χ1n) is 8.51. The van der Waals surface area contributed by atoms with Crippen molar-refractivity contribution in [2.75, 3.05) is 13.2 Å². The van der Waals surface area contributed by atoms with Crippen LogP contribution in [0.15, 0.2) is 29.2 Å². The Hall–Kier alpha value is -2.41. The zero-order valence-electron chi connectivity index (χ0n) is 14.9. The number of carbonyl (C=O) groups is 1. The van der Waals surface area contributed by atoms with Gasteiger partial charge < -0.3 is 14.6 Å². The first-order chi connectivity index (χ1) is 12.0. The summed E-state index contributed by atoms with van der Waals surface area (Å²) in [6.45, 7) is 5.26. The maximum atomic E-state index is 12.2. The lowest BCUT2D eigenvalue weighted by molar-refractivity contribution is -0.122. The normalized spacial score (nSPS) is 20.0. The molecule has 0 unspecified atom stereocenters. The summed E-state index contributed by atoms with van der Waals surface area (Å²) >= 11 is 0. The molecule has 2 aromatic rings. The highest BCUT2D eigenvalue weighted by molar-refractivity contribution is 5.75. The fourth-order valence-corrected chi connectivity index (χ4v) is 3.41. The quantitative estimate of drug-likeness (QED) is 0.881. The second kappa shape index (κ2) is 7.23. The summed E-state index contributed by atoms with van der Waals surface area (Å²) in [5.74, 6) is 0.0385. The minimum Gasteiger partial charge on any atom is -0.373 e. The fraction of sp³-hybridized carbons (Fsp3) is 0.500. The minimum atomic E-state index is -0.179. The minimum absolute atomic E-state index is 0.0306. The highest BCUT2D eigenvalue weighted by atomic mass is 16.5. The van der Waals surface area contributed by atoms with Gasteiger partial charge in [-0.2, -0.15) is 5.10 Å². The van der Waals surface area contributed by atoms with Crippen LogP contribution in [-0.4, -0.2) is 33.4 Å². The number of amides is 1. The van der Waals surface area contributed by atoms with Gasteiger partial charge in [-0.3, -0.25) is 14.3 Å². The van der Waals surface area contributed by atoms with Crippen LogP contribution in [0, 0.1) is 19.8 Å². The molecule has 3 heterocycles. The summed E-state index contributed by atoms with van der Waals surface area (Å²) in [6.07, 6.45) is 2.46. The summed E-state index contributed by atoms with van der Waals surface area (Å²) in [7, 11) is 1.93. The van der Waals surface area contributed by atoms with E-state index in [2.05, 4.69) is 10.4 Å². The van der Waals surface area contributed by atoms with Gasteiger partial charge in [0.2, 0.25) is 5.91 Å². The average molecular weight is 344 g/mol. The van der Waals surface area contributed by atoms with Crippen LogP contribution >= 0.6 is 0 Å². The average Bonchev–Trinajstić information content (AvgIpc) is 3.12. The van der Waals surface area contributed by atoms with E-state index < -0.39 is 0 Å². The summed E-state index contributed by atoms with van der Waals surface area (Å²) in [4.78, 5) is 23.9. The monoisotopic (exact) mass is 344 g/mol. The SMILES string of the molecule is Cc1nn(C)c(C)c1[C@H]1OCC[C@@H]1CNC(=O)Cn1ccccc1=O. The zero-order chi connectivity index (χ0) is 18.0. The Balaban J connectivity index is 1.63. The zero-order valence-corrected chi connectivity index (χ0v) is 14.9. The summed E-state index contributed by atoms with van der Waals surface area (Å²) in [5, 5.41) is 7.40. The Morgan fingerprint density at radius 3 is 2.88 bits per heavy atom. The van der Waals surface area contributed by atoms with E-state index in [0.717, 1.165) is 23.4 Å². The van der Waals surface area contributed by atoms with Gasteiger partial charge in [-0.15, -0.1) is 0 Å². The molecular weight excluding hydrogens is 320 g/mol. The fourth-order valence-electron chi connectivity index (χ4n) is 3.41. The van der Waals surface area contributed by atoms with Crippen molar-refractivity contribution in [3.8, 4) is 0 Å². The lowest BCUT2D eigenvalue weighted by Gasteiger charge is -2.20. The van der Waals surface area contributed by atoms with Crippen LogP contribution in [0.25, 0.3) is 0 Å². The van der Waals surface area contributed by atoms with E-state index in [0.29, 0.717) is 13.2 Å². The van der Waals surface area contributed by atoms with E-state index in [9.17, 15) is 9.59 Å². The second-order valence-electron chi connectivity index (χ2n) is 6.52. The molecule has 134 valence electrons. The van der Waals surface area contributed by atoms with E-state index in [-0.39, 0.29) is 30.0 Å². The largest absolute Gasteiger partial charge is 0.373 e. The molecule has 0 aliphatic carbocycles. The third-order valence-corrected chi connectivity index (χ3v) is 4.84. The lowest BCUT2D eigenvalue weighted by atomic mass is 9.94. The van der Waals surface area contributed by atoms with E-state index >= 15 is 0 Å². The van der Waals surface area contributed by atoms with Crippen LogP contribution in [0.3, 0.4) is 0 Å². The number of hydrogen-bond donors (Lipinski definition) is 1. The van der Waals surface area contributed by atoms with Crippen LogP contribution in [0.5, 0.6) is 0 Å². The van der Waals surface area contributed by atoms with E-state index in [1.807, 2.05) is 25.6 Å². The Morgan fingerprint density at radius 1 is 1.40 bits per heavy atom. The molecule has 1 amide bonds. The second-order valence-corrected chi connectivity index (χ2v) is 6.52. The van der Waals surface area contributed by atoms with Gasteiger partial charge in [0.25, 0.3) is 5.56 Å². The van der Waals surface area contributed by atoms with Crippen LogP contribution in [0.1, 0.15) is 29.5 Å². The molecule has 7 nitrogen and oxygen atoms in total. The number of aryl methyl sites for hydroxylation is 2. The van der Waals surface area contributed by atoms with Gasteiger partial charge in [-0.1, -0.05) is 6.07 Å². The molecule has 0 aromatic carbocycles. The Kier molecular flexibility index (Phi) is 5.03. The van der Waals surface area contributed by atoms with Crippen molar-refractivity contribution >= 4 is 5.91 Å². The smallest absolute Gasteiger partial charge is 0.250 e. The van der Waals surface area contributed by atoms with Crippen molar-refractivity contribution in [3.63, 3.8) is 0 Å². The van der Waals surface area contributed by atoms with Gasteiger partial charge >= 0.3 is 0 Å². The Morgan fingerprint density at radius 2 is 2.20 bits per heavy atom. The Bertz CT molecular complexity index is 824. The van der Waals surface area contributed by atoms with E-state index in [1.54, 1.807) is 18.3 Å². The predicted octanol–water partition coefficient (Wildman–Crippen LogP) is 1.09. The molecule has 0 radical (unpaired) electrons. The molecule has 3 rings (SSSR count). The maximum Gasteiger partial charge on any atom is 0.250 e. The first-order valence-corrected chi connectivity index (χ1v) is 8.51. The van der Waals surface area contributed by atoms with E-state index in [4.69, 9.17) is 4.74 Å². The van der Waals surface area contributed by atoms with Gasteiger partial charge in [0.15, 0.2) is 0 Å². The molecule has 2 atom stereocenters. The van der Waals surface area contributed by atoms with Gasteiger partial charge in [-0.25, -0.2) is 0 Å². The number of rotatable bonds is 5. The van der Waals surface area contributed by atoms with Crippen LogP contribution in [0.2, 0.25) is 0 Å². The molecule has 7 heteroatoms. The number of pyridine rings is 1. The highest BCUT2D eigenvalue weighted by Crippen LogP contribution is 2.37. The standard InChI is InChI=1S/C18H24N4O3/c1-12-17(13(2)21(3)20-12)18-14(7-9-25-18)10-19-15(23)11-22-8-5-4-6-16(22)24/h4-6,8,14,18H,7,9-11H2,1-3H3,(H,19,23)/t14-,18+/m1/s1. The third kappa shape index (κ3) is 3.66. The highest BCUT2D eigenvalue weighted by Gasteiger charge is 2.33. The Labute approximate surface area is 146 Å². The van der Waals surface area contributed by atoms with Gasteiger partial charge in [-0.05, 0) is 26.3 Å². The molecule has 25 heavy (non-hydrogen) atoms. The van der Waals surface area contributed by atoms with E-state index in [1.165, 1.54) is 10.6 Å². The summed E-state index contributed by atoms with van der Waals surface area (Å²) in [5.41, 5.74) is 3.01. The van der Waals surface area contributed by atoms with Gasteiger partial charge in [0.1, 0.15) is 6.54 Å². The topological polar surface area (TPSA) is 78.2 Å². The molecule has 0 spiro atoms. The van der Waals surface area contributed by atoms with Crippen molar-refractivity contribution in [1.82, 2.24) is 19.7 Å². The molecule has 1 fully saturated rings. The molecular formula is C18H24N4O3. The number of aromatic nitrogens is 3. The lowest BCUT2D eigenvalue weighted by Crippen LogP contribution is -2.35. The van der Waals surface area contributed by atoms with Crippen LogP contribution in [0.4, 0.5) is 0 Å². The third-order valence-electron chi connectivity index (χ3n) is 4.84. The number of nitrogens with zero attached hydrogens (tertiary/aromatic N) is 3. The summed E-state index contributed by atoms with van der Waals surface area (Å²) in [6, 6.07) is 4.85. The van der Waals surface area contributed by atoms with Crippen molar-refractivity contribution in [2.24, 2.45) is 13.0 Å². The number of nitrogens with one attached hydrogen (secondary N) is 1. The summed E-state index contributed by atoms with van der Waals surface area (Å²) < 4.78 is 9.20. The van der Waals surface area contributed by atoms with Crippen molar-refractivity contribution < 1.29 is 9.53 Å². The number of hydrogen-bond acceptors (Lipinski definition) is 4. The molecule has 1 saturated heterocycles. The molecule has 1 aliphatic rings. The van der Waals surface area contributed by atoms with Gasteiger partial charge in [0.05, 0.1) is 11.8 Å². The molecule has 0 saturated carbocycles. The van der Waals surface area contributed by atoms with Crippen LogP contribution < -0.4 is 10.9 Å². The van der Waals surface area contributed by atoms with Crippen molar-refractivity contribution in [1.29, 1.82) is 0 Å². The predicted molar refractivity (Wildman–Crippen MR) is 93.2 cm³/mol.